The van der Waals surface area contributed by atoms with Gasteiger partial charge in [-0.3, -0.25) is 0 Å². The number of nitrogens with zero attached hydrogens (tertiary/aromatic N) is 1. The van der Waals surface area contributed by atoms with E-state index in [2.05, 4.69) is 48.1 Å². The third-order valence-electron chi connectivity index (χ3n) is 3.76. The standard InChI is InChI=1S/C16H18N2S/c1-3-11-5-4-6-13(9-11)14-10(2)16(19)18-15(17-14)12-7-8-12/h4-6,9,12H,3,7-8H2,1-2H3,(H,17,18,19). The van der Waals surface area contributed by atoms with Crippen molar-refractivity contribution < 1.29 is 0 Å². The highest BCUT2D eigenvalue weighted by Crippen LogP contribution is 2.39. The van der Waals surface area contributed by atoms with Crippen LogP contribution in [0.2, 0.25) is 0 Å². The molecule has 0 amide bonds. The number of nitrogens with one attached hydrogen (secondary N) is 1. The summed E-state index contributed by atoms with van der Waals surface area (Å²) >= 11 is 5.41. The van der Waals surface area contributed by atoms with Crippen LogP contribution in [0.5, 0.6) is 0 Å². The first-order valence-corrected chi connectivity index (χ1v) is 7.30. The molecular formula is C16H18N2S. The van der Waals surface area contributed by atoms with E-state index >= 15 is 0 Å². The van der Waals surface area contributed by atoms with Gasteiger partial charge in [-0.25, -0.2) is 4.98 Å². The minimum atomic E-state index is 0.593. The third-order valence-corrected chi connectivity index (χ3v) is 4.16. The highest BCUT2D eigenvalue weighted by atomic mass is 32.1. The van der Waals surface area contributed by atoms with Crippen molar-refractivity contribution in [3.63, 3.8) is 0 Å². The summed E-state index contributed by atoms with van der Waals surface area (Å²) in [6, 6.07) is 8.66. The molecule has 0 radical (unpaired) electrons. The van der Waals surface area contributed by atoms with Gasteiger partial charge in [0.1, 0.15) is 10.5 Å². The monoisotopic (exact) mass is 270 g/mol. The van der Waals surface area contributed by atoms with E-state index in [1.54, 1.807) is 0 Å². The zero-order chi connectivity index (χ0) is 13.4. The molecule has 1 fully saturated rings. The molecule has 1 saturated carbocycles. The zero-order valence-electron chi connectivity index (χ0n) is 11.4. The molecule has 1 aliphatic carbocycles. The van der Waals surface area contributed by atoms with Crippen molar-refractivity contribution in [2.24, 2.45) is 0 Å². The lowest BCUT2D eigenvalue weighted by molar-refractivity contribution is 0.914. The average molecular weight is 270 g/mol. The van der Waals surface area contributed by atoms with Gasteiger partial charge in [-0.15, -0.1) is 0 Å². The Bertz CT molecular complexity index is 669. The molecule has 2 nitrogen and oxygen atoms in total. The second-order valence-electron chi connectivity index (χ2n) is 5.26. The van der Waals surface area contributed by atoms with E-state index in [1.807, 2.05) is 0 Å². The quantitative estimate of drug-likeness (QED) is 0.829. The molecule has 3 rings (SSSR count). The Kier molecular flexibility index (Phi) is 3.23. The predicted molar refractivity (Wildman–Crippen MR) is 80.9 cm³/mol. The number of H-pyrrole nitrogens is 1. The molecular weight excluding hydrogens is 252 g/mol. The van der Waals surface area contributed by atoms with Crippen LogP contribution in [0.25, 0.3) is 11.3 Å². The topological polar surface area (TPSA) is 28.7 Å². The Balaban J connectivity index is 2.14. The Morgan fingerprint density at radius 2 is 2.16 bits per heavy atom. The fraction of sp³-hybridized carbons (Fsp3) is 0.375. The first-order valence-electron chi connectivity index (χ1n) is 6.89. The number of aromatic amines is 1. The maximum atomic E-state index is 5.41. The highest BCUT2D eigenvalue weighted by molar-refractivity contribution is 7.71. The Morgan fingerprint density at radius 1 is 1.37 bits per heavy atom. The predicted octanol–water partition coefficient (Wildman–Crippen LogP) is 4.55. The van der Waals surface area contributed by atoms with E-state index in [-0.39, 0.29) is 0 Å². The molecule has 2 aromatic rings. The smallest absolute Gasteiger partial charge is 0.133 e. The highest BCUT2D eigenvalue weighted by Gasteiger charge is 2.26. The maximum absolute atomic E-state index is 5.41. The molecule has 1 aromatic carbocycles. The van der Waals surface area contributed by atoms with Crippen LogP contribution in [0.3, 0.4) is 0 Å². The normalized spacial score (nSPS) is 14.6. The number of aromatic nitrogens is 2. The summed E-state index contributed by atoms with van der Waals surface area (Å²) < 4.78 is 0.734. The molecule has 98 valence electrons. The van der Waals surface area contributed by atoms with E-state index in [9.17, 15) is 0 Å². The lowest BCUT2D eigenvalue weighted by Crippen LogP contribution is -1.99. The van der Waals surface area contributed by atoms with Crippen molar-refractivity contribution in [1.29, 1.82) is 0 Å². The summed E-state index contributed by atoms with van der Waals surface area (Å²) in [6.45, 7) is 4.23. The summed E-state index contributed by atoms with van der Waals surface area (Å²) in [7, 11) is 0. The maximum Gasteiger partial charge on any atom is 0.133 e. The first-order chi connectivity index (χ1) is 9.19. The summed E-state index contributed by atoms with van der Waals surface area (Å²) in [5.41, 5.74) is 4.78. The molecule has 1 aromatic heterocycles. The summed E-state index contributed by atoms with van der Waals surface area (Å²) in [6.07, 6.45) is 3.51. The van der Waals surface area contributed by atoms with Crippen LogP contribution < -0.4 is 0 Å². The lowest BCUT2D eigenvalue weighted by atomic mass is 10.0. The Morgan fingerprint density at radius 3 is 2.84 bits per heavy atom. The lowest BCUT2D eigenvalue weighted by Gasteiger charge is -2.10. The van der Waals surface area contributed by atoms with Crippen LogP contribution >= 0.6 is 12.2 Å². The van der Waals surface area contributed by atoms with Gasteiger partial charge in [0.2, 0.25) is 0 Å². The minimum absolute atomic E-state index is 0.593. The van der Waals surface area contributed by atoms with E-state index in [0.717, 1.165) is 28.1 Å². The van der Waals surface area contributed by atoms with Crippen LogP contribution in [0.4, 0.5) is 0 Å². The second-order valence-corrected chi connectivity index (χ2v) is 5.64. The van der Waals surface area contributed by atoms with E-state index in [1.165, 1.54) is 24.0 Å². The second kappa shape index (κ2) is 4.89. The number of rotatable bonds is 3. The molecule has 19 heavy (non-hydrogen) atoms. The van der Waals surface area contributed by atoms with Gasteiger partial charge in [-0.05, 0) is 43.4 Å². The van der Waals surface area contributed by atoms with Crippen LogP contribution in [0, 0.1) is 11.6 Å². The molecule has 1 N–H and O–H groups in total. The van der Waals surface area contributed by atoms with E-state index in [4.69, 9.17) is 12.2 Å². The summed E-state index contributed by atoms with van der Waals surface area (Å²) in [4.78, 5) is 8.03. The van der Waals surface area contributed by atoms with Crippen LogP contribution in [-0.4, -0.2) is 9.97 Å². The van der Waals surface area contributed by atoms with Crippen molar-refractivity contribution in [2.75, 3.05) is 0 Å². The molecule has 1 heterocycles. The number of aryl methyl sites for hydroxylation is 1. The van der Waals surface area contributed by atoms with Crippen molar-refractivity contribution in [3.8, 4) is 11.3 Å². The third kappa shape index (κ3) is 2.47. The minimum Gasteiger partial charge on any atom is -0.343 e. The molecule has 3 heteroatoms. The first kappa shape index (κ1) is 12.5. The van der Waals surface area contributed by atoms with Gasteiger partial charge in [0.25, 0.3) is 0 Å². The van der Waals surface area contributed by atoms with Gasteiger partial charge in [0, 0.05) is 11.5 Å². The average Bonchev–Trinajstić information content (AvgIpc) is 3.26. The number of hydrogen-bond acceptors (Lipinski definition) is 2. The van der Waals surface area contributed by atoms with Crippen molar-refractivity contribution in [1.82, 2.24) is 9.97 Å². The van der Waals surface area contributed by atoms with Crippen molar-refractivity contribution in [2.45, 2.75) is 39.0 Å². The van der Waals surface area contributed by atoms with Gasteiger partial charge in [0.05, 0.1) is 5.69 Å². The summed E-state index contributed by atoms with van der Waals surface area (Å²) in [5, 5.41) is 0. The van der Waals surface area contributed by atoms with Crippen LogP contribution in [0.15, 0.2) is 24.3 Å². The molecule has 0 aliphatic heterocycles. The molecule has 0 saturated heterocycles. The molecule has 0 spiro atoms. The largest absolute Gasteiger partial charge is 0.343 e. The van der Waals surface area contributed by atoms with Gasteiger partial charge in [0.15, 0.2) is 0 Å². The van der Waals surface area contributed by atoms with Crippen molar-refractivity contribution in [3.05, 3.63) is 45.9 Å². The van der Waals surface area contributed by atoms with E-state index < -0.39 is 0 Å². The fourth-order valence-electron chi connectivity index (χ4n) is 2.34. The number of benzene rings is 1. The Hall–Kier alpha value is -1.48. The van der Waals surface area contributed by atoms with Gasteiger partial charge in [-0.2, -0.15) is 0 Å². The molecule has 0 bridgehead atoms. The molecule has 0 atom stereocenters. The molecule has 0 unspecified atom stereocenters. The Labute approximate surface area is 118 Å². The van der Waals surface area contributed by atoms with Crippen LogP contribution in [0.1, 0.15) is 42.6 Å². The zero-order valence-corrected chi connectivity index (χ0v) is 12.2. The van der Waals surface area contributed by atoms with Crippen molar-refractivity contribution >= 4 is 12.2 Å². The van der Waals surface area contributed by atoms with Crippen LogP contribution in [-0.2, 0) is 6.42 Å². The van der Waals surface area contributed by atoms with Gasteiger partial charge in [-0.1, -0.05) is 37.3 Å². The summed E-state index contributed by atoms with van der Waals surface area (Å²) in [5.74, 6) is 1.66. The number of hydrogen-bond donors (Lipinski definition) is 1. The SMILES string of the molecule is CCc1cccc(-c2[nH]c(C3CC3)nc(=S)c2C)c1. The van der Waals surface area contributed by atoms with Gasteiger partial charge < -0.3 is 4.98 Å². The van der Waals surface area contributed by atoms with E-state index in [0.29, 0.717) is 5.92 Å². The fourth-order valence-corrected chi connectivity index (χ4v) is 2.54. The van der Waals surface area contributed by atoms with Gasteiger partial charge >= 0.3 is 0 Å². The molecule has 1 aliphatic rings.